The fourth-order valence-corrected chi connectivity index (χ4v) is 2.55. The smallest absolute Gasteiger partial charge is 0.492 e. The van der Waals surface area contributed by atoms with Crippen LogP contribution in [-0.4, -0.2) is 34.3 Å². The zero-order valence-electron chi connectivity index (χ0n) is 16.2. The van der Waals surface area contributed by atoms with Gasteiger partial charge in [0.15, 0.2) is 0 Å². The third kappa shape index (κ3) is 10.0. The molecule has 144 valence electrons. The van der Waals surface area contributed by atoms with Gasteiger partial charge in [-0.05, 0) is 43.6 Å². The molecule has 1 N–H and O–H groups in total. The van der Waals surface area contributed by atoms with E-state index >= 15 is 0 Å². The Bertz CT molecular complexity index is 626. The second-order valence-electron chi connectivity index (χ2n) is 6.15. The normalized spacial score (nSPS) is 11.1. The molecule has 2 aromatic rings. The average molecular weight is 398 g/mol. The van der Waals surface area contributed by atoms with E-state index in [2.05, 4.69) is 34.3 Å². The van der Waals surface area contributed by atoms with Crippen molar-refractivity contribution >= 4 is 5.82 Å². The van der Waals surface area contributed by atoms with E-state index in [4.69, 9.17) is 4.74 Å². The van der Waals surface area contributed by atoms with E-state index in [0.29, 0.717) is 24.0 Å². The fraction of sp³-hybridized carbons (Fsp3) is 0.524. The Balaban J connectivity index is 0.00000338. The summed E-state index contributed by atoms with van der Waals surface area (Å²) < 4.78 is 5.86. The molecule has 1 aromatic heterocycles. The van der Waals surface area contributed by atoms with Crippen LogP contribution >= 0.6 is 0 Å². The van der Waals surface area contributed by atoms with Crippen LogP contribution in [-0.2, 0) is 6.42 Å². The van der Waals surface area contributed by atoms with Gasteiger partial charge >= 0.3 is 51.4 Å². The summed E-state index contributed by atoms with van der Waals surface area (Å²) in [6.45, 7) is 4.57. The summed E-state index contributed by atoms with van der Waals surface area (Å²) in [7, 11) is 0. The minimum atomic E-state index is -0.138. The molecule has 0 spiro atoms. The Hall–Kier alpha value is -0.504. The van der Waals surface area contributed by atoms with Crippen molar-refractivity contribution in [3.05, 3.63) is 53.2 Å². The minimum absolute atomic E-state index is 0. The molecular formula is C21H32KN3O2. The van der Waals surface area contributed by atoms with Crippen LogP contribution in [0.15, 0.2) is 36.5 Å². The van der Waals surface area contributed by atoms with Crippen molar-refractivity contribution in [1.82, 2.24) is 9.97 Å². The van der Waals surface area contributed by atoms with E-state index in [-0.39, 0.29) is 71.5 Å². The molecule has 6 heteroatoms. The Morgan fingerprint density at radius 1 is 1.19 bits per heavy atom. The number of nitrogens with zero attached hydrogens (tertiary/aromatic N) is 3. The van der Waals surface area contributed by atoms with Crippen molar-refractivity contribution < 1.29 is 61.2 Å². The van der Waals surface area contributed by atoms with Crippen LogP contribution in [0, 0.1) is 6.92 Å². The van der Waals surface area contributed by atoms with Crippen LogP contribution in [0.25, 0.3) is 5.32 Å². The summed E-state index contributed by atoms with van der Waals surface area (Å²) in [6, 6.07) is 10.2. The molecule has 1 heterocycles. The maximum absolute atomic E-state index is 9.54. The second kappa shape index (κ2) is 15.4. The number of unbranched alkanes of at least 4 members (excludes halogenated alkanes) is 1. The fourth-order valence-electron chi connectivity index (χ4n) is 2.55. The maximum atomic E-state index is 9.54. The molecule has 0 bridgehead atoms. The Morgan fingerprint density at radius 2 is 1.93 bits per heavy atom. The van der Waals surface area contributed by atoms with Gasteiger partial charge in [-0.2, -0.15) is 0 Å². The van der Waals surface area contributed by atoms with E-state index in [9.17, 15) is 5.11 Å². The average Bonchev–Trinajstić information content (AvgIpc) is 2.64. The molecule has 0 amide bonds. The van der Waals surface area contributed by atoms with Crippen molar-refractivity contribution in [3.63, 3.8) is 0 Å². The Labute approximate surface area is 206 Å². The zero-order valence-corrected chi connectivity index (χ0v) is 19.3. The maximum Gasteiger partial charge on any atom is 1.00 e. The van der Waals surface area contributed by atoms with Gasteiger partial charge in [0, 0.05) is 12.4 Å². The number of aliphatic hydroxyl groups excluding tert-OH is 1. The van der Waals surface area contributed by atoms with Crippen molar-refractivity contribution in [1.29, 1.82) is 0 Å². The summed E-state index contributed by atoms with van der Waals surface area (Å²) in [5, 5.41) is 14.1. The van der Waals surface area contributed by atoms with E-state index in [1.165, 1.54) is 5.56 Å². The van der Waals surface area contributed by atoms with Crippen molar-refractivity contribution in [2.75, 3.05) is 13.2 Å². The van der Waals surface area contributed by atoms with Crippen molar-refractivity contribution in [2.24, 2.45) is 0 Å². The molecule has 27 heavy (non-hydrogen) atoms. The van der Waals surface area contributed by atoms with Gasteiger partial charge < -0.3 is 20.1 Å². The van der Waals surface area contributed by atoms with Gasteiger partial charge in [-0.1, -0.05) is 57.5 Å². The predicted octanol–water partition coefficient (Wildman–Crippen LogP) is 1.99. The molecule has 0 fully saturated rings. The van der Waals surface area contributed by atoms with E-state index < -0.39 is 0 Å². The van der Waals surface area contributed by atoms with Gasteiger partial charge in [0.05, 0.1) is 12.8 Å². The van der Waals surface area contributed by atoms with Gasteiger partial charge in [-0.3, -0.25) is 4.98 Å². The van der Waals surface area contributed by atoms with Crippen molar-refractivity contribution in [3.8, 4) is 5.75 Å². The number of hydrogen-bond acceptors (Lipinski definition) is 4. The standard InChI is InChI=1S/C20H28N3O2.CH4.K/c1-3-4-12-18(15-24)23-20-19(14-21-16(2)22-20)25-13-8-11-17-9-6-5-7-10-17;;/h5-7,9-10,14,18,24H,3-4,8,11-13,15H2,1-2H3;1H4;/q-1;;+1. The molecule has 0 aliphatic rings. The number of hydrogen-bond donors (Lipinski definition) is 1. The third-order valence-electron chi connectivity index (χ3n) is 3.97. The summed E-state index contributed by atoms with van der Waals surface area (Å²) in [5.74, 6) is 1.79. The van der Waals surface area contributed by atoms with Crippen molar-refractivity contribution in [2.45, 2.75) is 59.4 Å². The number of benzene rings is 1. The first kappa shape index (κ1) is 26.5. The minimum Gasteiger partial charge on any atom is -0.492 e. The first-order valence-electron chi connectivity index (χ1n) is 9.05. The topological polar surface area (TPSA) is 69.3 Å². The quantitative estimate of drug-likeness (QED) is 0.465. The SMILES string of the molecule is C.CCCCC(CO)[N-]c1nc(C)ncc1OCCCc1ccccc1.[K+]. The molecule has 0 radical (unpaired) electrons. The zero-order chi connectivity index (χ0) is 17.9. The molecule has 0 saturated heterocycles. The van der Waals surface area contributed by atoms with Gasteiger partial charge in [0.2, 0.25) is 0 Å². The van der Waals surface area contributed by atoms with Crippen LogP contribution < -0.4 is 56.1 Å². The molecule has 0 aliphatic carbocycles. The predicted molar refractivity (Wildman–Crippen MR) is 107 cm³/mol. The van der Waals surface area contributed by atoms with Crippen LogP contribution in [0.3, 0.4) is 0 Å². The molecule has 1 atom stereocenters. The molecule has 2 rings (SSSR count). The summed E-state index contributed by atoms with van der Waals surface area (Å²) in [6.07, 6.45) is 6.53. The molecule has 1 aromatic carbocycles. The van der Waals surface area contributed by atoms with Crippen LogP contribution in [0.5, 0.6) is 5.75 Å². The van der Waals surface area contributed by atoms with E-state index in [0.717, 1.165) is 32.1 Å². The van der Waals surface area contributed by atoms with Gasteiger partial charge in [0.25, 0.3) is 0 Å². The number of ether oxygens (including phenoxy) is 1. The Morgan fingerprint density at radius 3 is 2.59 bits per heavy atom. The van der Waals surface area contributed by atoms with Gasteiger partial charge in [-0.15, -0.1) is 0 Å². The van der Waals surface area contributed by atoms with E-state index in [1.807, 2.05) is 25.1 Å². The van der Waals surface area contributed by atoms with Gasteiger partial charge in [0.1, 0.15) is 5.75 Å². The molecule has 5 nitrogen and oxygen atoms in total. The number of aryl methyl sites for hydroxylation is 2. The Kier molecular flexibility index (Phi) is 15.1. The molecule has 0 aliphatic heterocycles. The molecule has 0 saturated carbocycles. The number of aliphatic hydroxyl groups is 1. The first-order valence-corrected chi connectivity index (χ1v) is 9.05. The van der Waals surface area contributed by atoms with E-state index in [1.54, 1.807) is 6.20 Å². The third-order valence-corrected chi connectivity index (χ3v) is 3.97. The number of rotatable bonds is 11. The molecular weight excluding hydrogens is 365 g/mol. The second-order valence-corrected chi connectivity index (χ2v) is 6.15. The monoisotopic (exact) mass is 397 g/mol. The van der Waals surface area contributed by atoms with Crippen LogP contribution in [0.1, 0.15) is 51.4 Å². The summed E-state index contributed by atoms with van der Waals surface area (Å²) in [5.41, 5.74) is 1.30. The largest absolute Gasteiger partial charge is 1.00 e. The summed E-state index contributed by atoms with van der Waals surface area (Å²) in [4.78, 5) is 8.61. The van der Waals surface area contributed by atoms with Crippen LogP contribution in [0.4, 0.5) is 5.82 Å². The number of aromatic nitrogens is 2. The first-order chi connectivity index (χ1) is 12.2. The van der Waals surface area contributed by atoms with Crippen LogP contribution in [0.2, 0.25) is 0 Å². The molecule has 1 unspecified atom stereocenters. The van der Waals surface area contributed by atoms with Gasteiger partial charge in [-0.25, -0.2) is 0 Å². The summed E-state index contributed by atoms with van der Waals surface area (Å²) >= 11 is 0.